The second-order valence-electron chi connectivity index (χ2n) is 6.11. The first-order chi connectivity index (χ1) is 11.7. The number of nitrogens with one attached hydrogen (secondary N) is 2. The molecule has 3 unspecified atom stereocenters. The monoisotopic (exact) mass is 322 g/mol. The highest BCUT2D eigenvalue weighted by molar-refractivity contribution is 5.51. The maximum Gasteiger partial charge on any atom is 0.161 e. The molecule has 0 amide bonds. The van der Waals surface area contributed by atoms with Crippen molar-refractivity contribution < 1.29 is 9.47 Å². The molecular formula is C18H18N4O2. The van der Waals surface area contributed by atoms with Gasteiger partial charge in [-0.15, -0.1) is 0 Å². The van der Waals surface area contributed by atoms with Crippen molar-refractivity contribution in [3.05, 3.63) is 52.8 Å². The Morgan fingerprint density at radius 2 is 1.88 bits per heavy atom. The maximum atomic E-state index is 8.90. The van der Waals surface area contributed by atoms with Crippen molar-refractivity contribution in [2.45, 2.75) is 18.5 Å². The van der Waals surface area contributed by atoms with Crippen molar-refractivity contribution in [2.75, 3.05) is 14.2 Å². The standard InChI is InChI=1S/C18H18N4O2/c1-23-15-6-11-5-14-17(10-3-4-12(8-19)20-9-10)21-22-18(14)13(11)7-16(15)24-2/h3-4,6-7,9,14,17-18,21-22H,5H2,1-2H3. The van der Waals surface area contributed by atoms with Crippen molar-refractivity contribution in [3.8, 4) is 17.6 Å². The van der Waals surface area contributed by atoms with Gasteiger partial charge >= 0.3 is 0 Å². The number of pyridine rings is 1. The van der Waals surface area contributed by atoms with Crippen LogP contribution >= 0.6 is 0 Å². The second kappa shape index (κ2) is 5.78. The number of nitriles is 1. The van der Waals surface area contributed by atoms with Crippen LogP contribution in [0.5, 0.6) is 11.5 Å². The van der Waals surface area contributed by atoms with Crippen molar-refractivity contribution in [3.63, 3.8) is 0 Å². The molecule has 24 heavy (non-hydrogen) atoms. The summed E-state index contributed by atoms with van der Waals surface area (Å²) in [4.78, 5) is 4.19. The fourth-order valence-corrected chi connectivity index (χ4v) is 3.77. The highest BCUT2D eigenvalue weighted by Crippen LogP contribution is 2.48. The summed E-state index contributed by atoms with van der Waals surface area (Å²) in [6.45, 7) is 0. The molecule has 2 aromatic rings. The van der Waals surface area contributed by atoms with Crippen molar-refractivity contribution in [1.29, 1.82) is 5.26 Å². The summed E-state index contributed by atoms with van der Waals surface area (Å²) >= 11 is 0. The number of hydrogen-bond acceptors (Lipinski definition) is 6. The van der Waals surface area contributed by atoms with Crippen molar-refractivity contribution >= 4 is 0 Å². The second-order valence-corrected chi connectivity index (χ2v) is 6.11. The quantitative estimate of drug-likeness (QED) is 0.900. The predicted octanol–water partition coefficient (Wildman–Crippen LogP) is 2.03. The SMILES string of the molecule is COc1cc2c(cc1OC)C1NNC(c3ccc(C#N)nc3)C1C2. The van der Waals surface area contributed by atoms with Gasteiger partial charge in [-0.2, -0.15) is 5.26 Å². The number of hydrazine groups is 1. The Kier molecular flexibility index (Phi) is 3.60. The van der Waals surface area contributed by atoms with Crippen LogP contribution < -0.4 is 20.3 Å². The molecule has 0 saturated carbocycles. The van der Waals surface area contributed by atoms with Gasteiger partial charge in [-0.3, -0.25) is 0 Å². The molecule has 1 aliphatic carbocycles. The van der Waals surface area contributed by atoms with E-state index in [0.717, 1.165) is 23.5 Å². The summed E-state index contributed by atoms with van der Waals surface area (Å²) in [5.41, 5.74) is 10.8. The zero-order valence-corrected chi connectivity index (χ0v) is 13.5. The van der Waals surface area contributed by atoms with Gasteiger partial charge in [-0.1, -0.05) is 6.07 Å². The van der Waals surface area contributed by atoms with Gasteiger partial charge in [0.15, 0.2) is 11.5 Å². The smallest absolute Gasteiger partial charge is 0.161 e. The maximum absolute atomic E-state index is 8.90. The van der Waals surface area contributed by atoms with Crippen molar-refractivity contribution in [1.82, 2.24) is 15.8 Å². The number of benzene rings is 1. The number of nitrogens with zero attached hydrogens (tertiary/aromatic N) is 2. The third-order valence-corrected chi connectivity index (χ3v) is 4.95. The molecule has 2 aliphatic rings. The van der Waals surface area contributed by atoms with E-state index in [0.29, 0.717) is 11.6 Å². The molecule has 1 aromatic carbocycles. The number of methoxy groups -OCH3 is 2. The van der Waals surface area contributed by atoms with E-state index in [1.807, 2.05) is 6.07 Å². The molecule has 122 valence electrons. The first kappa shape index (κ1) is 14.9. The van der Waals surface area contributed by atoms with Gasteiger partial charge in [0.2, 0.25) is 0 Å². The highest BCUT2D eigenvalue weighted by atomic mass is 16.5. The van der Waals surface area contributed by atoms with Crippen LogP contribution in [0.25, 0.3) is 0 Å². The zero-order valence-electron chi connectivity index (χ0n) is 13.5. The molecule has 0 bridgehead atoms. The van der Waals surface area contributed by atoms with Gasteiger partial charge in [0.1, 0.15) is 11.8 Å². The number of ether oxygens (including phenoxy) is 2. The molecule has 1 saturated heterocycles. The Morgan fingerprint density at radius 1 is 1.12 bits per heavy atom. The summed E-state index contributed by atoms with van der Waals surface area (Å²) in [6, 6.07) is 10.3. The summed E-state index contributed by atoms with van der Waals surface area (Å²) in [6.07, 6.45) is 2.73. The molecule has 4 rings (SSSR count). The normalized spacial score (nSPS) is 24.1. The van der Waals surface area contributed by atoms with Crippen LogP contribution in [0.1, 0.15) is 34.5 Å². The zero-order chi connectivity index (χ0) is 16.7. The average Bonchev–Trinajstić information content (AvgIpc) is 3.19. The molecule has 2 N–H and O–H groups in total. The van der Waals surface area contributed by atoms with Crippen molar-refractivity contribution in [2.24, 2.45) is 5.92 Å². The number of aromatic nitrogens is 1. The lowest BCUT2D eigenvalue weighted by Crippen LogP contribution is -2.27. The van der Waals surface area contributed by atoms with Crippen LogP contribution in [0.4, 0.5) is 0 Å². The van der Waals surface area contributed by atoms with E-state index >= 15 is 0 Å². The Bertz CT molecular complexity index is 813. The third kappa shape index (κ3) is 2.21. The Hall–Kier alpha value is -2.62. The first-order valence-electron chi connectivity index (χ1n) is 7.87. The van der Waals surface area contributed by atoms with Crippen LogP contribution in [-0.2, 0) is 6.42 Å². The lowest BCUT2D eigenvalue weighted by Gasteiger charge is -2.16. The molecule has 3 atom stereocenters. The first-order valence-corrected chi connectivity index (χ1v) is 7.87. The Balaban J connectivity index is 1.65. The van der Waals surface area contributed by atoms with E-state index in [2.05, 4.69) is 34.0 Å². The third-order valence-electron chi connectivity index (χ3n) is 4.95. The molecule has 0 spiro atoms. The molecule has 0 radical (unpaired) electrons. The van der Waals surface area contributed by atoms with E-state index in [4.69, 9.17) is 14.7 Å². The van der Waals surface area contributed by atoms with Crippen LogP contribution in [0.2, 0.25) is 0 Å². The highest BCUT2D eigenvalue weighted by Gasteiger charge is 2.43. The molecule has 1 aromatic heterocycles. The molecule has 6 nitrogen and oxygen atoms in total. The van der Waals surface area contributed by atoms with E-state index < -0.39 is 0 Å². The van der Waals surface area contributed by atoms with E-state index in [-0.39, 0.29) is 12.1 Å². The largest absolute Gasteiger partial charge is 0.493 e. The minimum atomic E-state index is 0.152. The fraction of sp³-hybridized carbons (Fsp3) is 0.333. The molecule has 1 aliphatic heterocycles. The van der Waals surface area contributed by atoms with Gasteiger partial charge in [-0.05, 0) is 41.3 Å². The average molecular weight is 322 g/mol. The van der Waals surface area contributed by atoms with Crippen LogP contribution in [0, 0.1) is 17.2 Å². The molecule has 2 heterocycles. The summed E-state index contributed by atoms with van der Waals surface area (Å²) in [5, 5.41) is 8.90. The molecule has 6 heteroatoms. The minimum Gasteiger partial charge on any atom is -0.493 e. The van der Waals surface area contributed by atoms with Gasteiger partial charge in [0.05, 0.1) is 26.3 Å². The van der Waals surface area contributed by atoms with E-state index in [1.165, 1.54) is 11.1 Å². The van der Waals surface area contributed by atoms with E-state index in [1.54, 1.807) is 26.5 Å². The summed E-state index contributed by atoms with van der Waals surface area (Å²) in [5.74, 6) is 1.90. The molecular weight excluding hydrogens is 304 g/mol. The minimum absolute atomic E-state index is 0.152. The number of fused-ring (bicyclic) bond motifs is 3. The summed E-state index contributed by atoms with van der Waals surface area (Å²) < 4.78 is 10.9. The topological polar surface area (TPSA) is 79.2 Å². The van der Waals surface area contributed by atoms with E-state index in [9.17, 15) is 0 Å². The summed E-state index contributed by atoms with van der Waals surface area (Å²) in [7, 11) is 3.31. The lowest BCUT2D eigenvalue weighted by molar-refractivity contribution is 0.354. The number of rotatable bonds is 3. The fourth-order valence-electron chi connectivity index (χ4n) is 3.77. The van der Waals surface area contributed by atoms with Gasteiger partial charge < -0.3 is 9.47 Å². The van der Waals surface area contributed by atoms with Gasteiger partial charge in [0.25, 0.3) is 0 Å². The van der Waals surface area contributed by atoms with Crippen LogP contribution in [-0.4, -0.2) is 19.2 Å². The van der Waals surface area contributed by atoms with Gasteiger partial charge in [-0.25, -0.2) is 15.8 Å². The molecule has 1 fully saturated rings. The Labute approximate surface area is 140 Å². The van der Waals surface area contributed by atoms with Gasteiger partial charge in [0, 0.05) is 12.1 Å². The van der Waals surface area contributed by atoms with Crippen LogP contribution in [0.3, 0.4) is 0 Å². The van der Waals surface area contributed by atoms with Crippen LogP contribution in [0.15, 0.2) is 30.5 Å². The Morgan fingerprint density at radius 3 is 2.54 bits per heavy atom. The lowest BCUT2D eigenvalue weighted by atomic mass is 9.91. The number of hydrogen-bond donors (Lipinski definition) is 2. The predicted molar refractivity (Wildman–Crippen MR) is 87.4 cm³/mol.